The molecule has 0 aliphatic rings. The minimum atomic E-state index is -0.277. The van der Waals surface area contributed by atoms with Crippen molar-refractivity contribution in [2.75, 3.05) is 0 Å². The third-order valence-corrected chi connectivity index (χ3v) is 5.48. The molecule has 0 N–H and O–H groups in total. The second-order valence-electron chi connectivity index (χ2n) is 3.14. The lowest BCUT2D eigenvalue weighted by Gasteiger charge is -2.11. The standard InChI is InChI=1S/C11H6BrCl3S/c12-7-4-5-16-11(7)10(15)6-2-1-3-8(13)9(6)14/h1-5,10H. The molecule has 0 bridgehead atoms. The summed E-state index contributed by atoms with van der Waals surface area (Å²) < 4.78 is 0.994. The molecule has 0 radical (unpaired) electrons. The molecular weight excluding hydrogens is 350 g/mol. The number of hydrogen-bond acceptors (Lipinski definition) is 1. The molecule has 16 heavy (non-hydrogen) atoms. The normalized spacial score (nSPS) is 12.8. The maximum atomic E-state index is 6.39. The van der Waals surface area contributed by atoms with Crippen LogP contribution in [0, 0.1) is 0 Å². The molecule has 0 saturated carbocycles. The Morgan fingerprint density at radius 3 is 2.56 bits per heavy atom. The fourth-order valence-corrected chi connectivity index (χ4v) is 4.00. The first-order valence-electron chi connectivity index (χ1n) is 4.42. The number of halogens is 4. The van der Waals surface area contributed by atoms with E-state index >= 15 is 0 Å². The quantitative estimate of drug-likeness (QED) is 0.567. The van der Waals surface area contributed by atoms with E-state index in [4.69, 9.17) is 34.8 Å². The number of rotatable bonds is 2. The van der Waals surface area contributed by atoms with Crippen LogP contribution in [0.2, 0.25) is 10.0 Å². The van der Waals surface area contributed by atoms with Crippen molar-refractivity contribution in [3.63, 3.8) is 0 Å². The molecule has 1 unspecified atom stereocenters. The van der Waals surface area contributed by atoms with Crippen LogP contribution in [0.5, 0.6) is 0 Å². The van der Waals surface area contributed by atoms with Crippen LogP contribution in [-0.4, -0.2) is 0 Å². The molecule has 0 amide bonds. The van der Waals surface area contributed by atoms with Crippen LogP contribution in [0.3, 0.4) is 0 Å². The second-order valence-corrected chi connectivity index (χ2v) is 6.16. The summed E-state index contributed by atoms with van der Waals surface area (Å²) in [6.45, 7) is 0. The van der Waals surface area contributed by atoms with Gasteiger partial charge in [-0.1, -0.05) is 35.3 Å². The Morgan fingerprint density at radius 1 is 1.19 bits per heavy atom. The zero-order valence-electron chi connectivity index (χ0n) is 7.88. The average Bonchev–Trinajstić information content (AvgIpc) is 2.68. The first kappa shape index (κ1) is 12.7. The number of thiophene rings is 1. The van der Waals surface area contributed by atoms with Crippen molar-refractivity contribution in [3.8, 4) is 0 Å². The number of alkyl halides is 1. The molecule has 0 aliphatic heterocycles. The van der Waals surface area contributed by atoms with Crippen LogP contribution in [-0.2, 0) is 0 Å². The van der Waals surface area contributed by atoms with Crippen LogP contribution in [0.25, 0.3) is 0 Å². The topological polar surface area (TPSA) is 0 Å². The van der Waals surface area contributed by atoms with Gasteiger partial charge in [0.05, 0.1) is 15.4 Å². The van der Waals surface area contributed by atoms with E-state index in [1.807, 2.05) is 23.6 Å². The lowest BCUT2D eigenvalue weighted by atomic mass is 10.1. The Morgan fingerprint density at radius 2 is 1.94 bits per heavy atom. The third-order valence-electron chi connectivity index (χ3n) is 2.13. The van der Waals surface area contributed by atoms with Gasteiger partial charge in [-0.15, -0.1) is 22.9 Å². The summed E-state index contributed by atoms with van der Waals surface area (Å²) in [5.41, 5.74) is 0.832. The lowest BCUT2D eigenvalue weighted by Crippen LogP contribution is -1.92. The molecule has 0 nitrogen and oxygen atoms in total. The van der Waals surface area contributed by atoms with E-state index in [-0.39, 0.29) is 5.38 Å². The van der Waals surface area contributed by atoms with Crippen molar-refractivity contribution in [2.45, 2.75) is 5.38 Å². The van der Waals surface area contributed by atoms with Crippen LogP contribution in [0.15, 0.2) is 34.1 Å². The van der Waals surface area contributed by atoms with Crippen LogP contribution >= 0.6 is 62.1 Å². The van der Waals surface area contributed by atoms with Gasteiger partial charge in [0.15, 0.2) is 0 Å². The molecule has 1 heterocycles. The van der Waals surface area contributed by atoms with Gasteiger partial charge in [0.2, 0.25) is 0 Å². The van der Waals surface area contributed by atoms with Crippen molar-refractivity contribution in [1.82, 2.24) is 0 Å². The predicted octanol–water partition coefficient (Wildman–Crippen LogP) is 6.15. The third kappa shape index (κ3) is 2.41. The maximum absolute atomic E-state index is 6.39. The van der Waals surface area contributed by atoms with Gasteiger partial charge in [0.25, 0.3) is 0 Å². The molecule has 5 heteroatoms. The minimum absolute atomic E-state index is 0.277. The molecule has 1 aromatic heterocycles. The zero-order valence-corrected chi connectivity index (χ0v) is 12.6. The molecule has 0 fully saturated rings. The number of benzene rings is 1. The Kier molecular flexibility index (Phi) is 4.20. The summed E-state index contributed by atoms with van der Waals surface area (Å²) >= 11 is 23.5. The molecular formula is C11H6BrCl3S. The molecule has 1 atom stereocenters. The first-order chi connectivity index (χ1) is 7.61. The lowest BCUT2D eigenvalue weighted by molar-refractivity contribution is 1.17. The van der Waals surface area contributed by atoms with E-state index in [0.717, 1.165) is 14.9 Å². The van der Waals surface area contributed by atoms with E-state index in [2.05, 4.69) is 15.9 Å². The molecule has 84 valence electrons. The van der Waals surface area contributed by atoms with Gasteiger partial charge in [-0.05, 0) is 39.0 Å². The van der Waals surface area contributed by atoms with Gasteiger partial charge in [-0.2, -0.15) is 0 Å². The summed E-state index contributed by atoms with van der Waals surface area (Å²) in [4.78, 5) is 1.03. The van der Waals surface area contributed by atoms with E-state index in [0.29, 0.717) is 10.0 Å². The fraction of sp³-hybridized carbons (Fsp3) is 0.0909. The summed E-state index contributed by atoms with van der Waals surface area (Å²) in [7, 11) is 0. The van der Waals surface area contributed by atoms with Gasteiger partial charge < -0.3 is 0 Å². The second kappa shape index (κ2) is 5.28. The van der Waals surface area contributed by atoms with Crippen LogP contribution < -0.4 is 0 Å². The van der Waals surface area contributed by atoms with Crippen LogP contribution in [0.4, 0.5) is 0 Å². The van der Waals surface area contributed by atoms with Gasteiger partial charge >= 0.3 is 0 Å². The van der Waals surface area contributed by atoms with Crippen molar-refractivity contribution in [2.24, 2.45) is 0 Å². The highest BCUT2D eigenvalue weighted by molar-refractivity contribution is 9.10. The zero-order chi connectivity index (χ0) is 11.7. The van der Waals surface area contributed by atoms with Crippen molar-refractivity contribution >= 4 is 62.1 Å². The highest BCUT2D eigenvalue weighted by atomic mass is 79.9. The molecule has 2 rings (SSSR count). The predicted molar refractivity (Wildman–Crippen MR) is 76.2 cm³/mol. The first-order valence-corrected chi connectivity index (χ1v) is 7.28. The van der Waals surface area contributed by atoms with Gasteiger partial charge in [0, 0.05) is 9.35 Å². The van der Waals surface area contributed by atoms with E-state index < -0.39 is 0 Å². The summed E-state index contributed by atoms with van der Waals surface area (Å²) in [5.74, 6) is 0. The summed E-state index contributed by atoms with van der Waals surface area (Å²) in [6, 6.07) is 7.45. The van der Waals surface area contributed by atoms with Gasteiger partial charge in [-0.25, -0.2) is 0 Å². The molecule has 1 aromatic carbocycles. The smallest absolute Gasteiger partial charge is 0.0953 e. The van der Waals surface area contributed by atoms with E-state index in [9.17, 15) is 0 Å². The highest BCUT2D eigenvalue weighted by Crippen LogP contribution is 2.41. The minimum Gasteiger partial charge on any atom is -0.146 e. The van der Waals surface area contributed by atoms with Gasteiger partial charge in [0.1, 0.15) is 0 Å². The van der Waals surface area contributed by atoms with Gasteiger partial charge in [-0.3, -0.25) is 0 Å². The number of hydrogen-bond donors (Lipinski definition) is 0. The SMILES string of the molecule is Clc1cccc(C(Cl)c2sccc2Br)c1Cl. The Labute approximate surface area is 121 Å². The summed E-state index contributed by atoms with van der Waals surface area (Å²) in [5, 5.41) is 2.75. The van der Waals surface area contributed by atoms with E-state index in [1.165, 1.54) is 0 Å². The van der Waals surface area contributed by atoms with Crippen LogP contribution in [0.1, 0.15) is 15.8 Å². The van der Waals surface area contributed by atoms with Crippen molar-refractivity contribution in [3.05, 3.63) is 54.6 Å². The molecule has 2 aromatic rings. The Hall–Kier alpha value is 0.270. The van der Waals surface area contributed by atoms with Crippen molar-refractivity contribution in [1.29, 1.82) is 0 Å². The molecule has 0 spiro atoms. The van der Waals surface area contributed by atoms with E-state index in [1.54, 1.807) is 17.4 Å². The monoisotopic (exact) mass is 354 g/mol. The molecule has 0 saturated heterocycles. The highest BCUT2D eigenvalue weighted by Gasteiger charge is 2.19. The Balaban J connectivity index is 2.46. The maximum Gasteiger partial charge on any atom is 0.0953 e. The Bertz CT molecular complexity index is 510. The average molecular weight is 356 g/mol. The largest absolute Gasteiger partial charge is 0.146 e. The molecule has 0 aliphatic carbocycles. The van der Waals surface area contributed by atoms with Crippen molar-refractivity contribution < 1.29 is 0 Å². The fourth-order valence-electron chi connectivity index (χ4n) is 1.34. The summed E-state index contributed by atoms with van der Waals surface area (Å²) in [6.07, 6.45) is 0.